The van der Waals surface area contributed by atoms with Gasteiger partial charge in [0, 0.05) is 32.2 Å². The third-order valence-electron chi connectivity index (χ3n) is 5.84. The molecule has 0 saturated carbocycles. The molecule has 0 N–H and O–H groups in total. The zero-order valence-corrected chi connectivity index (χ0v) is 18.3. The molecule has 3 heterocycles. The molecule has 0 atom stereocenters. The van der Waals surface area contributed by atoms with Crippen LogP contribution in [0.4, 0.5) is 0 Å². The number of amides is 2. The van der Waals surface area contributed by atoms with Crippen molar-refractivity contribution in [2.75, 3.05) is 32.8 Å². The lowest BCUT2D eigenvalue weighted by Crippen LogP contribution is -2.51. The predicted octanol–water partition coefficient (Wildman–Crippen LogP) is 3.42. The number of fused-ring (bicyclic) bond motifs is 1. The third kappa shape index (κ3) is 4.30. The van der Waals surface area contributed by atoms with Gasteiger partial charge >= 0.3 is 0 Å². The van der Waals surface area contributed by atoms with Gasteiger partial charge in [0.25, 0.3) is 11.8 Å². The summed E-state index contributed by atoms with van der Waals surface area (Å²) in [6, 6.07) is 17.5. The van der Waals surface area contributed by atoms with Gasteiger partial charge in [0.05, 0.1) is 17.2 Å². The summed E-state index contributed by atoms with van der Waals surface area (Å²) in [6.07, 6.45) is 2.91. The Morgan fingerprint density at radius 1 is 0.882 bits per heavy atom. The summed E-state index contributed by atoms with van der Waals surface area (Å²) >= 11 is 0. The van der Waals surface area contributed by atoms with Gasteiger partial charge < -0.3 is 23.4 Å². The Bertz CT molecular complexity index is 1370. The first-order valence-electron chi connectivity index (χ1n) is 10.9. The summed E-state index contributed by atoms with van der Waals surface area (Å²) in [4.78, 5) is 41.2. The van der Waals surface area contributed by atoms with E-state index in [2.05, 4.69) is 0 Å². The Morgan fingerprint density at radius 2 is 1.65 bits per heavy atom. The minimum absolute atomic E-state index is 0.128. The van der Waals surface area contributed by atoms with Crippen LogP contribution in [0.2, 0.25) is 0 Å². The van der Waals surface area contributed by atoms with Crippen molar-refractivity contribution in [2.45, 2.75) is 0 Å². The molecule has 4 aromatic rings. The number of rotatable bonds is 5. The number of ether oxygens (including phenoxy) is 1. The Hall–Kier alpha value is -4.33. The molecular formula is C26H22N2O6. The van der Waals surface area contributed by atoms with Crippen molar-refractivity contribution in [3.05, 3.63) is 89.2 Å². The molecule has 8 heteroatoms. The molecule has 0 aliphatic carbocycles. The van der Waals surface area contributed by atoms with Crippen LogP contribution in [0.3, 0.4) is 0 Å². The highest BCUT2D eigenvalue weighted by atomic mass is 16.5. The normalized spacial score (nSPS) is 13.8. The molecule has 1 saturated heterocycles. The van der Waals surface area contributed by atoms with Gasteiger partial charge in [-0.05, 0) is 29.8 Å². The molecule has 0 spiro atoms. The smallest absolute Gasteiger partial charge is 0.289 e. The van der Waals surface area contributed by atoms with Crippen LogP contribution in [-0.2, 0) is 4.79 Å². The van der Waals surface area contributed by atoms with Crippen LogP contribution in [0.25, 0.3) is 22.1 Å². The standard InChI is InChI=1S/C26H22N2O6/c29-24(27-10-12-28(13-11-27)26(31)22-7-4-14-32-22)17-33-19-8-9-20-23(15-19)34-16-21(25(20)30)18-5-2-1-3-6-18/h1-9,14-16H,10-13,17H2. The molecule has 2 aromatic heterocycles. The third-order valence-corrected chi connectivity index (χ3v) is 5.84. The van der Waals surface area contributed by atoms with Gasteiger partial charge in [-0.15, -0.1) is 0 Å². The maximum Gasteiger partial charge on any atom is 0.289 e. The van der Waals surface area contributed by atoms with Crippen LogP contribution >= 0.6 is 0 Å². The number of furan rings is 1. The van der Waals surface area contributed by atoms with Crippen LogP contribution in [0.15, 0.2) is 86.8 Å². The van der Waals surface area contributed by atoms with Gasteiger partial charge in [-0.1, -0.05) is 30.3 Å². The van der Waals surface area contributed by atoms with E-state index in [0.717, 1.165) is 5.56 Å². The number of hydrogen-bond acceptors (Lipinski definition) is 6. The number of hydrogen-bond donors (Lipinski definition) is 0. The Labute approximate surface area is 194 Å². The van der Waals surface area contributed by atoms with Crippen molar-refractivity contribution in [3.63, 3.8) is 0 Å². The van der Waals surface area contributed by atoms with E-state index in [4.69, 9.17) is 13.6 Å². The van der Waals surface area contributed by atoms with Crippen LogP contribution in [0.1, 0.15) is 10.6 Å². The lowest BCUT2D eigenvalue weighted by molar-refractivity contribution is -0.134. The Morgan fingerprint density at radius 3 is 2.38 bits per heavy atom. The zero-order valence-electron chi connectivity index (χ0n) is 18.3. The summed E-state index contributed by atoms with van der Waals surface area (Å²) in [5, 5.41) is 0.442. The highest BCUT2D eigenvalue weighted by molar-refractivity contribution is 5.91. The topological polar surface area (TPSA) is 93.2 Å². The summed E-state index contributed by atoms with van der Waals surface area (Å²) in [5.74, 6) is 0.373. The van der Waals surface area contributed by atoms with E-state index in [-0.39, 0.29) is 23.9 Å². The van der Waals surface area contributed by atoms with E-state index in [9.17, 15) is 14.4 Å². The second-order valence-electron chi connectivity index (χ2n) is 7.94. The second kappa shape index (κ2) is 9.27. The first-order chi connectivity index (χ1) is 16.6. The SMILES string of the molecule is O=C(COc1ccc2c(=O)c(-c3ccccc3)coc2c1)N1CCN(C(=O)c2ccco2)CC1. The van der Waals surface area contributed by atoms with Gasteiger partial charge in [0.15, 0.2) is 17.8 Å². The molecule has 1 aliphatic rings. The maximum absolute atomic E-state index is 12.9. The predicted molar refractivity (Wildman–Crippen MR) is 125 cm³/mol. The summed E-state index contributed by atoms with van der Waals surface area (Å²) in [7, 11) is 0. The van der Waals surface area contributed by atoms with Crippen molar-refractivity contribution in [1.29, 1.82) is 0 Å². The second-order valence-corrected chi connectivity index (χ2v) is 7.94. The number of nitrogens with zero attached hydrogens (tertiary/aromatic N) is 2. The molecule has 1 fully saturated rings. The fourth-order valence-electron chi connectivity index (χ4n) is 3.97. The van der Waals surface area contributed by atoms with Gasteiger partial charge in [0.1, 0.15) is 17.6 Å². The van der Waals surface area contributed by atoms with E-state index < -0.39 is 0 Å². The fraction of sp³-hybridized carbons (Fsp3) is 0.192. The van der Waals surface area contributed by atoms with Crippen LogP contribution in [0.5, 0.6) is 5.75 Å². The van der Waals surface area contributed by atoms with Crippen molar-refractivity contribution in [3.8, 4) is 16.9 Å². The maximum atomic E-state index is 12.9. The minimum Gasteiger partial charge on any atom is -0.484 e. The van der Waals surface area contributed by atoms with Crippen molar-refractivity contribution >= 4 is 22.8 Å². The molecule has 2 amide bonds. The van der Waals surface area contributed by atoms with Gasteiger partial charge in [-0.25, -0.2) is 0 Å². The summed E-state index contributed by atoms with van der Waals surface area (Å²) < 4.78 is 16.5. The van der Waals surface area contributed by atoms with E-state index in [1.165, 1.54) is 12.5 Å². The Balaban J connectivity index is 1.20. The Kier molecular flexibility index (Phi) is 5.86. The van der Waals surface area contributed by atoms with Gasteiger partial charge in [-0.2, -0.15) is 0 Å². The van der Waals surface area contributed by atoms with Crippen molar-refractivity contribution < 1.29 is 23.2 Å². The quantitative estimate of drug-likeness (QED) is 0.455. The average Bonchev–Trinajstić information content (AvgIpc) is 3.43. The number of benzene rings is 2. The van der Waals surface area contributed by atoms with E-state index in [1.807, 2.05) is 30.3 Å². The van der Waals surface area contributed by atoms with Crippen molar-refractivity contribution in [1.82, 2.24) is 9.80 Å². The van der Waals surface area contributed by atoms with Crippen molar-refractivity contribution in [2.24, 2.45) is 0 Å². The van der Waals surface area contributed by atoms with Crippen LogP contribution < -0.4 is 10.2 Å². The largest absolute Gasteiger partial charge is 0.484 e. The highest BCUT2D eigenvalue weighted by Gasteiger charge is 2.26. The highest BCUT2D eigenvalue weighted by Crippen LogP contribution is 2.23. The van der Waals surface area contributed by atoms with E-state index in [0.29, 0.717) is 54.2 Å². The molecular weight excluding hydrogens is 436 g/mol. The van der Waals surface area contributed by atoms with E-state index >= 15 is 0 Å². The molecule has 2 aromatic carbocycles. The molecule has 0 radical (unpaired) electrons. The first-order valence-corrected chi connectivity index (χ1v) is 10.9. The average molecular weight is 458 g/mol. The zero-order chi connectivity index (χ0) is 23.5. The molecule has 8 nitrogen and oxygen atoms in total. The van der Waals surface area contributed by atoms with E-state index in [1.54, 1.807) is 40.1 Å². The lowest BCUT2D eigenvalue weighted by Gasteiger charge is -2.34. The van der Waals surface area contributed by atoms with Crippen LogP contribution in [-0.4, -0.2) is 54.4 Å². The summed E-state index contributed by atoms with van der Waals surface area (Å²) in [5.41, 5.74) is 1.54. The molecule has 0 bridgehead atoms. The minimum atomic E-state index is -0.179. The number of carbonyl (C=O) groups excluding carboxylic acids is 2. The molecule has 0 unspecified atom stereocenters. The fourth-order valence-corrected chi connectivity index (χ4v) is 3.97. The molecule has 34 heavy (non-hydrogen) atoms. The number of carbonyl (C=O) groups is 2. The molecule has 1 aliphatic heterocycles. The summed E-state index contributed by atoms with van der Waals surface area (Å²) in [6.45, 7) is 1.54. The molecule has 5 rings (SSSR count). The molecule has 172 valence electrons. The monoisotopic (exact) mass is 458 g/mol. The van der Waals surface area contributed by atoms with Gasteiger partial charge in [0.2, 0.25) is 0 Å². The van der Waals surface area contributed by atoms with Crippen LogP contribution in [0, 0.1) is 0 Å². The van der Waals surface area contributed by atoms with Gasteiger partial charge in [-0.3, -0.25) is 14.4 Å². The number of piperazine rings is 1. The first kappa shape index (κ1) is 21.5. The lowest BCUT2D eigenvalue weighted by atomic mass is 10.1.